The molecule has 0 aliphatic carbocycles. The highest BCUT2D eigenvalue weighted by molar-refractivity contribution is 7.13. The Labute approximate surface area is 182 Å². The number of benzene rings is 3. The molecule has 1 amide bonds. The van der Waals surface area contributed by atoms with Crippen molar-refractivity contribution < 1.29 is 18.3 Å². The van der Waals surface area contributed by atoms with Crippen LogP contribution in [0.5, 0.6) is 5.75 Å². The number of hydrogen-bond acceptors (Lipinski definition) is 4. The molecule has 1 heterocycles. The minimum Gasteiger partial charge on any atom is -0.489 e. The summed E-state index contributed by atoms with van der Waals surface area (Å²) in [5, 5.41) is 5.17. The number of carbonyl (C=O) groups excluding carboxylic acids is 1. The molecule has 0 saturated carbocycles. The van der Waals surface area contributed by atoms with Crippen molar-refractivity contribution in [1.29, 1.82) is 0 Å². The summed E-state index contributed by atoms with van der Waals surface area (Å²) in [5.74, 6) is -0.299. The largest absolute Gasteiger partial charge is 0.489 e. The van der Waals surface area contributed by atoms with Gasteiger partial charge in [0.05, 0.1) is 0 Å². The molecule has 0 radical (unpaired) electrons. The van der Waals surface area contributed by atoms with Crippen LogP contribution in [0.25, 0.3) is 10.6 Å². The summed E-state index contributed by atoms with van der Waals surface area (Å²) in [4.78, 5) is 16.7. The first kappa shape index (κ1) is 20.7. The lowest BCUT2D eigenvalue weighted by Crippen LogP contribution is -2.23. The summed E-state index contributed by atoms with van der Waals surface area (Å²) < 4.78 is 32.3. The molecule has 0 aliphatic rings. The second kappa shape index (κ2) is 9.49. The van der Waals surface area contributed by atoms with E-state index in [9.17, 15) is 13.6 Å². The van der Waals surface area contributed by atoms with Crippen LogP contribution in [0, 0.1) is 11.6 Å². The molecule has 3 aromatic carbocycles. The third-order valence-corrected chi connectivity index (χ3v) is 5.45. The number of ether oxygens (including phenoxy) is 1. The Morgan fingerprint density at radius 2 is 1.71 bits per heavy atom. The van der Waals surface area contributed by atoms with E-state index in [0.717, 1.165) is 11.1 Å². The molecule has 0 saturated heterocycles. The molecule has 31 heavy (non-hydrogen) atoms. The molecule has 1 N–H and O–H groups in total. The Balaban J connectivity index is 1.35. The van der Waals surface area contributed by atoms with E-state index in [-0.39, 0.29) is 24.1 Å². The fraction of sp³-hybridized carbons (Fsp3) is 0.0833. The van der Waals surface area contributed by atoms with Crippen molar-refractivity contribution in [2.45, 2.75) is 13.2 Å². The van der Waals surface area contributed by atoms with Crippen LogP contribution in [0.4, 0.5) is 8.78 Å². The quantitative estimate of drug-likeness (QED) is 0.410. The van der Waals surface area contributed by atoms with Gasteiger partial charge in [0.1, 0.15) is 34.7 Å². The lowest BCUT2D eigenvalue weighted by Gasteiger charge is -2.07. The summed E-state index contributed by atoms with van der Waals surface area (Å²) in [6.07, 6.45) is 0. The molecule has 0 unspecified atom stereocenters. The molecule has 1 aromatic heterocycles. The predicted octanol–water partition coefficient (Wildman–Crippen LogP) is 5.60. The average molecular weight is 436 g/mol. The first-order chi connectivity index (χ1) is 15.1. The van der Waals surface area contributed by atoms with Crippen LogP contribution in [0.3, 0.4) is 0 Å². The van der Waals surface area contributed by atoms with Gasteiger partial charge in [0.25, 0.3) is 5.91 Å². The van der Waals surface area contributed by atoms with Crippen molar-refractivity contribution in [3.8, 4) is 16.3 Å². The topological polar surface area (TPSA) is 51.2 Å². The lowest BCUT2D eigenvalue weighted by atomic mass is 10.2. The highest BCUT2D eigenvalue weighted by Crippen LogP contribution is 2.26. The van der Waals surface area contributed by atoms with Gasteiger partial charge in [0.2, 0.25) is 0 Å². The van der Waals surface area contributed by atoms with Crippen LogP contribution < -0.4 is 10.1 Å². The zero-order valence-corrected chi connectivity index (χ0v) is 17.2. The second-order valence-electron chi connectivity index (χ2n) is 6.75. The Morgan fingerprint density at radius 1 is 0.968 bits per heavy atom. The smallest absolute Gasteiger partial charge is 0.271 e. The number of aromatic nitrogens is 1. The van der Waals surface area contributed by atoms with E-state index in [1.807, 2.05) is 12.1 Å². The minimum atomic E-state index is -0.317. The molecule has 4 nitrogen and oxygen atoms in total. The molecule has 0 bridgehead atoms. The predicted molar refractivity (Wildman–Crippen MR) is 116 cm³/mol. The van der Waals surface area contributed by atoms with Crippen molar-refractivity contribution in [2.24, 2.45) is 0 Å². The summed E-state index contributed by atoms with van der Waals surface area (Å²) in [6.45, 7) is 0.432. The summed E-state index contributed by atoms with van der Waals surface area (Å²) >= 11 is 1.36. The number of hydrogen-bond donors (Lipinski definition) is 1. The number of amides is 1. The van der Waals surface area contributed by atoms with Gasteiger partial charge in [-0.15, -0.1) is 11.3 Å². The average Bonchev–Trinajstić information content (AvgIpc) is 3.29. The first-order valence-corrected chi connectivity index (χ1v) is 10.4. The van der Waals surface area contributed by atoms with E-state index < -0.39 is 0 Å². The summed E-state index contributed by atoms with van der Waals surface area (Å²) in [6, 6.07) is 19.7. The van der Waals surface area contributed by atoms with E-state index in [1.165, 1.54) is 29.5 Å². The number of nitrogens with zero attached hydrogens (tertiary/aromatic N) is 1. The third kappa shape index (κ3) is 5.32. The molecular weight excluding hydrogens is 418 g/mol. The molecular formula is C24H18F2N2O2S. The van der Waals surface area contributed by atoms with Crippen molar-refractivity contribution in [1.82, 2.24) is 10.3 Å². The SMILES string of the molecule is O=C(NCc1ccc(F)cc1)c1csc(-c2ccc(OCc3ccccc3F)cc2)n1. The van der Waals surface area contributed by atoms with E-state index in [4.69, 9.17) is 4.74 Å². The Kier molecular flexibility index (Phi) is 6.33. The summed E-state index contributed by atoms with van der Waals surface area (Å²) in [5.41, 5.74) is 2.46. The molecule has 0 aliphatic heterocycles. The van der Waals surface area contributed by atoms with E-state index in [1.54, 1.807) is 47.8 Å². The molecule has 7 heteroatoms. The zero-order chi connectivity index (χ0) is 21.6. The summed E-state index contributed by atoms with van der Waals surface area (Å²) in [7, 11) is 0. The number of rotatable bonds is 7. The highest BCUT2D eigenvalue weighted by Gasteiger charge is 2.12. The molecule has 156 valence electrons. The van der Waals surface area contributed by atoms with Crippen LogP contribution >= 0.6 is 11.3 Å². The third-order valence-electron chi connectivity index (χ3n) is 4.56. The second-order valence-corrected chi connectivity index (χ2v) is 7.61. The van der Waals surface area contributed by atoms with E-state index in [0.29, 0.717) is 28.6 Å². The molecule has 0 atom stereocenters. The minimum absolute atomic E-state index is 0.141. The molecule has 0 spiro atoms. The van der Waals surface area contributed by atoms with E-state index in [2.05, 4.69) is 10.3 Å². The zero-order valence-electron chi connectivity index (χ0n) is 16.3. The monoisotopic (exact) mass is 436 g/mol. The van der Waals surface area contributed by atoms with Crippen molar-refractivity contribution in [3.05, 3.63) is 107 Å². The van der Waals surface area contributed by atoms with Gasteiger partial charge >= 0.3 is 0 Å². The normalized spacial score (nSPS) is 10.6. The van der Waals surface area contributed by atoms with Gasteiger partial charge in [-0.25, -0.2) is 13.8 Å². The number of nitrogens with one attached hydrogen (secondary N) is 1. The van der Waals surface area contributed by atoms with Gasteiger partial charge in [-0.05, 0) is 48.0 Å². The molecule has 0 fully saturated rings. The van der Waals surface area contributed by atoms with Crippen molar-refractivity contribution >= 4 is 17.2 Å². The van der Waals surface area contributed by atoms with Crippen LogP contribution in [0.15, 0.2) is 78.2 Å². The van der Waals surface area contributed by atoms with Gasteiger partial charge < -0.3 is 10.1 Å². The lowest BCUT2D eigenvalue weighted by molar-refractivity contribution is 0.0946. The Hall–Kier alpha value is -3.58. The van der Waals surface area contributed by atoms with Crippen molar-refractivity contribution in [2.75, 3.05) is 0 Å². The molecule has 4 aromatic rings. The number of thiazole rings is 1. The Bertz CT molecular complexity index is 1170. The van der Waals surface area contributed by atoms with Crippen LogP contribution in [0.2, 0.25) is 0 Å². The maximum absolute atomic E-state index is 13.7. The van der Waals surface area contributed by atoms with Gasteiger partial charge in [0.15, 0.2) is 0 Å². The van der Waals surface area contributed by atoms with Crippen molar-refractivity contribution in [3.63, 3.8) is 0 Å². The van der Waals surface area contributed by atoms with Gasteiger partial charge in [-0.1, -0.05) is 30.3 Å². The fourth-order valence-corrected chi connectivity index (χ4v) is 3.66. The van der Waals surface area contributed by atoms with Gasteiger partial charge in [0, 0.05) is 23.1 Å². The molecule has 4 rings (SSSR count). The Morgan fingerprint density at radius 3 is 2.45 bits per heavy atom. The number of carbonyl (C=O) groups is 1. The maximum Gasteiger partial charge on any atom is 0.271 e. The van der Waals surface area contributed by atoms with Crippen LogP contribution in [0.1, 0.15) is 21.6 Å². The maximum atomic E-state index is 13.7. The first-order valence-electron chi connectivity index (χ1n) is 9.53. The van der Waals surface area contributed by atoms with Gasteiger partial charge in [-0.2, -0.15) is 0 Å². The van der Waals surface area contributed by atoms with Crippen LogP contribution in [-0.2, 0) is 13.2 Å². The number of halogens is 2. The standard InChI is InChI=1S/C24H18F2N2O2S/c25-19-9-5-16(6-10-19)13-27-23(29)22-15-31-24(28-22)17-7-11-20(12-8-17)30-14-18-3-1-2-4-21(18)26/h1-12,15H,13-14H2,(H,27,29). The van der Waals surface area contributed by atoms with Gasteiger partial charge in [-0.3, -0.25) is 4.79 Å². The van der Waals surface area contributed by atoms with E-state index >= 15 is 0 Å². The fourth-order valence-electron chi connectivity index (χ4n) is 2.86. The highest BCUT2D eigenvalue weighted by atomic mass is 32.1. The van der Waals surface area contributed by atoms with Crippen LogP contribution in [-0.4, -0.2) is 10.9 Å².